The highest BCUT2D eigenvalue weighted by atomic mass is 35.5. The summed E-state index contributed by atoms with van der Waals surface area (Å²) >= 11 is 5.87. The zero-order valence-corrected chi connectivity index (χ0v) is 21.3. The topological polar surface area (TPSA) is 178 Å². The minimum absolute atomic E-state index is 0.0682. The number of nitrogens with zero attached hydrogens (tertiary/aromatic N) is 4. The van der Waals surface area contributed by atoms with Gasteiger partial charge in [-0.25, -0.2) is 17.8 Å². The van der Waals surface area contributed by atoms with Crippen LogP contribution in [0.1, 0.15) is 5.56 Å². The Balaban J connectivity index is 1.60. The zero-order valence-electron chi connectivity index (χ0n) is 19.7. The fraction of sp³-hybridized carbons (Fsp3) is 0.0870. The van der Waals surface area contributed by atoms with Gasteiger partial charge >= 0.3 is 11.7 Å². The van der Waals surface area contributed by atoms with Crippen molar-refractivity contribution >= 4 is 39.3 Å². The molecule has 196 valence electrons. The van der Waals surface area contributed by atoms with Crippen LogP contribution < -0.4 is 25.4 Å². The summed E-state index contributed by atoms with van der Waals surface area (Å²) in [5.74, 6) is -0.606. The molecule has 4 rings (SSSR count). The summed E-state index contributed by atoms with van der Waals surface area (Å²) in [6.45, 7) is 0. The van der Waals surface area contributed by atoms with Crippen LogP contribution >= 0.6 is 11.6 Å². The Morgan fingerprint density at radius 3 is 2.37 bits per heavy atom. The van der Waals surface area contributed by atoms with Crippen LogP contribution in [-0.4, -0.2) is 53.5 Å². The molecule has 2 aromatic carbocycles. The number of sulfonamides is 1. The number of benzene rings is 2. The van der Waals surface area contributed by atoms with Crippen LogP contribution in [-0.2, 0) is 10.0 Å². The summed E-state index contributed by atoms with van der Waals surface area (Å²) in [7, 11) is -1.36. The number of halogens is 1. The third kappa shape index (κ3) is 5.66. The van der Waals surface area contributed by atoms with Crippen LogP contribution in [0, 0.1) is 0 Å². The molecular formula is C23H19ClN6O7S. The molecule has 2 heterocycles. The number of aromatic hydroxyl groups is 1. The van der Waals surface area contributed by atoms with Crippen molar-refractivity contribution in [1.82, 2.24) is 19.5 Å². The minimum atomic E-state index is -4.05. The van der Waals surface area contributed by atoms with Gasteiger partial charge in [0, 0.05) is 17.3 Å². The second kappa shape index (κ2) is 10.7. The SMILES string of the molecule is COc1cc(NS(=O)(=O)c2ccc(N=Cc3c(O)n(-c4ccc(Cl)cc4)c(=O)[nH]c3=O)cc2)nc(OC)n1. The van der Waals surface area contributed by atoms with Gasteiger partial charge in [0.15, 0.2) is 5.82 Å². The number of aromatic nitrogens is 4. The predicted octanol–water partition coefficient (Wildman–Crippen LogP) is 2.24. The van der Waals surface area contributed by atoms with Crippen molar-refractivity contribution in [1.29, 1.82) is 0 Å². The molecule has 0 fully saturated rings. The fourth-order valence-electron chi connectivity index (χ4n) is 3.18. The van der Waals surface area contributed by atoms with E-state index in [-0.39, 0.29) is 39.5 Å². The lowest BCUT2D eigenvalue weighted by molar-refractivity contribution is 0.353. The lowest BCUT2D eigenvalue weighted by Crippen LogP contribution is -2.31. The van der Waals surface area contributed by atoms with Crippen LogP contribution in [0.2, 0.25) is 5.02 Å². The molecule has 0 aliphatic rings. The van der Waals surface area contributed by atoms with Crippen molar-refractivity contribution in [2.45, 2.75) is 4.90 Å². The number of hydrogen-bond acceptors (Lipinski definition) is 10. The van der Waals surface area contributed by atoms with Crippen molar-refractivity contribution in [3.05, 3.63) is 86.0 Å². The summed E-state index contributed by atoms with van der Waals surface area (Å²) in [5.41, 5.74) is -1.47. The van der Waals surface area contributed by atoms with Gasteiger partial charge in [-0.15, -0.1) is 0 Å². The van der Waals surface area contributed by atoms with Gasteiger partial charge in [-0.05, 0) is 48.5 Å². The molecular weight excluding hydrogens is 540 g/mol. The van der Waals surface area contributed by atoms with Crippen molar-refractivity contribution in [2.75, 3.05) is 18.9 Å². The first-order valence-corrected chi connectivity index (χ1v) is 12.5. The van der Waals surface area contributed by atoms with Gasteiger partial charge in [-0.2, -0.15) is 9.97 Å². The fourth-order valence-corrected chi connectivity index (χ4v) is 4.30. The second-order valence-corrected chi connectivity index (χ2v) is 9.57. The molecule has 0 amide bonds. The van der Waals surface area contributed by atoms with Crippen molar-refractivity contribution in [3.8, 4) is 23.5 Å². The highest BCUT2D eigenvalue weighted by Gasteiger charge is 2.17. The molecule has 0 atom stereocenters. The number of aromatic amines is 1. The Bertz CT molecular complexity index is 1710. The van der Waals surface area contributed by atoms with E-state index >= 15 is 0 Å². The third-order valence-corrected chi connectivity index (χ3v) is 6.63. The minimum Gasteiger partial charge on any atom is -0.493 e. The lowest BCUT2D eigenvalue weighted by atomic mass is 10.3. The number of rotatable bonds is 8. The highest BCUT2D eigenvalue weighted by molar-refractivity contribution is 7.92. The van der Waals surface area contributed by atoms with Gasteiger partial charge in [-0.1, -0.05) is 11.6 Å². The van der Waals surface area contributed by atoms with Crippen LogP contribution in [0.15, 0.2) is 74.1 Å². The maximum atomic E-state index is 12.8. The smallest absolute Gasteiger partial charge is 0.335 e. The van der Waals surface area contributed by atoms with Crippen LogP contribution in [0.5, 0.6) is 17.8 Å². The lowest BCUT2D eigenvalue weighted by Gasteiger charge is -2.10. The number of aliphatic imine (C=N–C) groups is 1. The molecule has 0 aliphatic heterocycles. The molecule has 0 unspecified atom stereocenters. The Morgan fingerprint density at radius 2 is 1.74 bits per heavy atom. The standard InChI is InChI=1S/C23H19ClN6O7S/c1-36-19-11-18(26-22(27-19)37-2)29-38(34,35)16-9-5-14(6-10-16)25-12-17-20(31)28-23(33)30(21(17)32)15-7-3-13(24)4-8-15/h3-12,32H,1-2H3,(H,26,27,29)(H,28,31,33). The molecule has 38 heavy (non-hydrogen) atoms. The molecule has 0 spiro atoms. The maximum absolute atomic E-state index is 12.8. The van der Waals surface area contributed by atoms with E-state index in [1.807, 2.05) is 0 Å². The van der Waals surface area contributed by atoms with E-state index in [0.717, 1.165) is 10.8 Å². The van der Waals surface area contributed by atoms with Crippen molar-refractivity contribution in [2.24, 2.45) is 4.99 Å². The van der Waals surface area contributed by atoms with Crippen molar-refractivity contribution < 1.29 is 23.0 Å². The number of anilines is 1. The molecule has 13 nitrogen and oxygen atoms in total. The first kappa shape index (κ1) is 26.4. The summed E-state index contributed by atoms with van der Waals surface area (Å²) in [5, 5.41) is 11.0. The third-order valence-electron chi connectivity index (χ3n) is 5.01. The van der Waals surface area contributed by atoms with Crippen LogP contribution in [0.25, 0.3) is 5.69 Å². The number of H-pyrrole nitrogens is 1. The van der Waals surface area contributed by atoms with Crippen molar-refractivity contribution in [3.63, 3.8) is 0 Å². The van der Waals surface area contributed by atoms with E-state index in [1.165, 1.54) is 68.8 Å². The molecule has 0 radical (unpaired) electrons. The molecule has 2 aromatic heterocycles. The summed E-state index contributed by atoms with van der Waals surface area (Å²) in [6, 6.07) is 12.5. The second-order valence-electron chi connectivity index (χ2n) is 7.45. The highest BCUT2D eigenvalue weighted by Crippen LogP contribution is 2.23. The van der Waals surface area contributed by atoms with E-state index < -0.39 is 27.2 Å². The predicted molar refractivity (Wildman–Crippen MR) is 139 cm³/mol. The summed E-state index contributed by atoms with van der Waals surface area (Å²) in [6.07, 6.45) is 1.06. The van der Waals surface area contributed by atoms with Gasteiger partial charge in [0.2, 0.25) is 11.8 Å². The summed E-state index contributed by atoms with van der Waals surface area (Å²) in [4.78, 5) is 38.6. The Labute approximate surface area is 220 Å². The average molecular weight is 559 g/mol. The first-order chi connectivity index (χ1) is 18.1. The van der Waals surface area contributed by atoms with Crippen LogP contribution in [0.3, 0.4) is 0 Å². The number of nitrogens with one attached hydrogen (secondary N) is 2. The first-order valence-electron chi connectivity index (χ1n) is 10.6. The average Bonchev–Trinajstić information content (AvgIpc) is 2.89. The van der Waals surface area contributed by atoms with Gasteiger partial charge < -0.3 is 14.6 Å². The quantitative estimate of drug-likeness (QED) is 0.273. The summed E-state index contributed by atoms with van der Waals surface area (Å²) < 4.78 is 38.7. The number of hydrogen-bond donors (Lipinski definition) is 3. The van der Waals surface area contributed by atoms with Crippen LogP contribution in [0.4, 0.5) is 11.5 Å². The maximum Gasteiger partial charge on any atom is 0.335 e. The van der Waals surface area contributed by atoms with E-state index in [0.29, 0.717) is 5.02 Å². The van der Waals surface area contributed by atoms with Gasteiger partial charge in [0.05, 0.1) is 30.5 Å². The van der Waals surface area contributed by atoms with E-state index in [1.54, 1.807) is 0 Å². The Hall–Kier alpha value is -4.69. The van der Waals surface area contributed by atoms with Gasteiger partial charge in [-0.3, -0.25) is 19.5 Å². The number of ether oxygens (including phenoxy) is 2. The van der Waals surface area contributed by atoms with E-state index in [4.69, 9.17) is 21.1 Å². The molecule has 0 bridgehead atoms. The molecule has 3 N–H and O–H groups in total. The molecule has 0 saturated heterocycles. The molecule has 4 aromatic rings. The van der Waals surface area contributed by atoms with E-state index in [9.17, 15) is 23.1 Å². The number of methoxy groups -OCH3 is 2. The Morgan fingerprint density at radius 1 is 1.05 bits per heavy atom. The Kier molecular flexibility index (Phi) is 7.45. The monoisotopic (exact) mass is 558 g/mol. The molecule has 0 saturated carbocycles. The van der Waals surface area contributed by atoms with Gasteiger partial charge in [0.25, 0.3) is 15.6 Å². The molecule has 0 aliphatic carbocycles. The largest absolute Gasteiger partial charge is 0.493 e. The molecule has 15 heteroatoms. The van der Waals surface area contributed by atoms with E-state index in [2.05, 4.69) is 24.7 Å². The normalized spacial score (nSPS) is 11.4. The van der Waals surface area contributed by atoms with Gasteiger partial charge in [0.1, 0.15) is 5.56 Å². The zero-order chi connectivity index (χ0) is 27.4.